The fraction of sp³-hybridized carbons (Fsp3) is 0.667. The summed E-state index contributed by atoms with van der Waals surface area (Å²) in [6.45, 7) is 10.5. The van der Waals surface area contributed by atoms with Crippen LogP contribution in [0, 0.1) is 0 Å². The third kappa shape index (κ3) is 4.60. The van der Waals surface area contributed by atoms with E-state index in [1.807, 2.05) is 0 Å². The van der Waals surface area contributed by atoms with Crippen LogP contribution in [0.1, 0.15) is 52.5 Å². The van der Waals surface area contributed by atoms with Gasteiger partial charge in [-0.1, -0.05) is 51.1 Å². The minimum atomic E-state index is -0.0282. The van der Waals surface area contributed by atoms with Crippen molar-refractivity contribution >= 4 is 0 Å². The summed E-state index contributed by atoms with van der Waals surface area (Å²) in [6, 6.07) is 11.2. The summed E-state index contributed by atoms with van der Waals surface area (Å²) in [5, 5.41) is 3.66. The Morgan fingerprint density at radius 3 is 2.20 bits per heavy atom. The molecule has 0 saturated carbocycles. The minimum Gasteiger partial charge on any atom is -0.374 e. The molecule has 0 aliphatic carbocycles. The number of aryl methyl sites for hydroxylation is 1. The molecule has 1 N–H and O–H groups in total. The van der Waals surface area contributed by atoms with E-state index >= 15 is 0 Å². The first-order chi connectivity index (χ1) is 9.72. The van der Waals surface area contributed by atoms with Crippen molar-refractivity contribution in [2.24, 2.45) is 0 Å². The van der Waals surface area contributed by atoms with Crippen LogP contribution in [-0.2, 0) is 11.2 Å². The van der Waals surface area contributed by atoms with Crippen molar-refractivity contribution in [1.29, 1.82) is 0 Å². The van der Waals surface area contributed by atoms with Crippen molar-refractivity contribution < 1.29 is 4.74 Å². The van der Waals surface area contributed by atoms with Crippen LogP contribution in [0.5, 0.6) is 0 Å². The fourth-order valence-electron chi connectivity index (χ4n) is 3.09. The van der Waals surface area contributed by atoms with Gasteiger partial charge in [0.15, 0.2) is 0 Å². The van der Waals surface area contributed by atoms with Crippen LogP contribution in [0.2, 0.25) is 0 Å². The molecule has 1 atom stereocenters. The third-order valence-corrected chi connectivity index (χ3v) is 4.28. The Kier molecular flexibility index (Phi) is 7.86. The zero-order valence-corrected chi connectivity index (χ0v) is 13.6. The number of benzene rings is 1. The highest BCUT2D eigenvalue weighted by Crippen LogP contribution is 2.28. The standard InChI is InChI=1S/C18H31NO/c1-5-18(6-2,20-8-4)17(19-7-3)15-14-16-12-10-9-11-13-16/h9-13,17,19H,5-8,14-15H2,1-4H3. The predicted octanol–water partition coefficient (Wildman–Crippen LogP) is 4.19. The Hall–Kier alpha value is -0.860. The summed E-state index contributed by atoms with van der Waals surface area (Å²) >= 11 is 0. The van der Waals surface area contributed by atoms with Gasteiger partial charge in [-0.3, -0.25) is 0 Å². The van der Waals surface area contributed by atoms with Gasteiger partial charge < -0.3 is 10.1 Å². The van der Waals surface area contributed by atoms with Gasteiger partial charge in [-0.25, -0.2) is 0 Å². The number of likely N-dealkylation sites (N-methyl/N-ethyl adjacent to an activating group) is 1. The zero-order valence-electron chi connectivity index (χ0n) is 13.6. The molecule has 1 rings (SSSR count). The van der Waals surface area contributed by atoms with E-state index in [4.69, 9.17) is 4.74 Å². The summed E-state index contributed by atoms with van der Waals surface area (Å²) in [6.07, 6.45) is 4.35. The van der Waals surface area contributed by atoms with Crippen molar-refractivity contribution in [3.05, 3.63) is 35.9 Å². The van der Waals surface area contributed by atoms with Gasteiger partial charge in [-0.2, -0.15) is 0 Å². The first kappa shape index (κ1) is 17.2. The largest absolute Gasteiger partial charge is 0.374 e. The zero-order chi connectivity index (χ0) is 14.8. The van der Waals surface area contributed by atoms with E-state index in [9.17, 15) is 0 Å². The van der Waals surface area contributed by atoms with Gasteiger partial charge in [0.1, 0.15) is 0 Å². The molecule has 1 aromatic rings. The average Bonchev–Trinajstić information content (AvgIpc) is 2.50. The Balaban J connectivity index is 2.75. The molecule has 0 aromatic heterocycles. The van der Waals surface area contributed by atoms with Crippen LogP contribution >= 0.6 is 0 Å². The van der Waals surface area contributed by atoms with Gasteiger partial charge in [-0.15, -0.1) is 0 Å². The topological polar surface area (TPSA) is 21.3 Å². The predicted molar refractivity (Wildman–Crippen MR) is 87.2 cm³/mol. The molecule has 2 nitrogen and oxygen atoms in total. The summed E-state index contributed by atoms with van der Waals surface area (Å²) in [5.74, 6) is 0. The SMILES string of the molecule is CCNC(CCc1ccccc1)C(CC)(CC)OCC. The first-order valence-corrected chi connectivity index (χ1v) is 8.13. The lowest BCUT2D eigenvalue weighted by molar-refractivity contribution is -0.0733. The summed E-state index contributed by atoms with van der Waals surface area (Å²) in [7, 11) is 0. The van der Waals surface area contributed by atoms with E-state index in [0.29, 0.717) is 6.04 Å². The van der Waals surface area contributed by atoms with Gasteiger partial charge in [0, 0.05) is 12.6 Å². The van der Waals surface area contributed by atoms with Gasteiger partial charge >= 0.3 is 0 Å². The fourth-order valence-corrected chi connectivity index (χ4v) is 3.09. The minimum absolute atomic E-state index is 0.0282. The lowest BCUT2D eigenvalue weighted by Crippen LogP contribution is -2.52. The van der Waals surface area contributed by atoms with E-state index in [0.717, 1.165) is 38.8 Å². The lowest BCUT2D eigenvalue weighted by atomic mass is 9.84. The highest BCUT2D eigenvalue weighted by Gasteiger charge is 2.35. The van der Waals surface area contributed by atoms with Gasteiger partial charge in [0.05, 0.1) is 5.60 Å². The Morgan fingerprint density at radius 2 is 1.70 bits per heavy atom. The molecule has 0 bridgehead atoms. The quantitative estimate of drug-likeness (QED) is 0.692. The van der Waals surface area contributed by atoms with Crippen LogP contribution in [0.25, 0.3) is 0 Å². The van der Waals surface area contributed by atoms with Crippen molar-refractivity contribution in [3.8, 4) is 0 Å². The molecule has 0 radical (unpaired) electrons. The maximum atomic E-state index is 6.17. The average molecular weight is 277 g/mol. The Morgan fingerprint density at radius 1 is 1.05 bits per heavy atom. The monoisotopic (exact) mass is 277 g/mol. The number of nitrogens with one attached hydrogen (secondary N) is 1. The molecule has 1 unspecified atom stereocenters. The maximum Gasteiger partial charge on any atom is 0.0829 e. The molecule has 114 valence electrons. The van der Waals surface area contributed by atoms with E-state index in [1.54, 1.807) is 0 Å². The molecule has 0 aliphatic heterocycles. The van der Waals surface area contributed by atoms with Crippen LogP contribution in [0.15, 0.2) is 30.3 Å². The molecule has 1 aromatic carbocycles. The second kappa shape index (κ2) is 9.15. The van der Waals surface area contributed by atoms with Crippen LogP contribution < -0.4 is 5.32 Å². The van der Waals surface area contributed by atoms with Crippen LogP contribution in [-0.4, -0.2) is 24.8 Å². The van der Waals surface area contributed by atoms with Gasteiger partial charge in [0.25, 0.3) is 0 Å². The second-order valence-corrected chi connectivity index (χ2v) is 5.34. The number of ether oxygens (including phenoxy) is 1. The van der Waals surface area contributed by atoms with Crippen molar-refractivity contribution in [2.75, 3.05) is 13.2 Å². The van der Waals surface area contributed by atoms with E-state index < -0.39 is 0 Å². The van der Waals surface area contributed by atoms with Crippen molar-refractivity contribution in [1.82, 2.24) is 5.32 Å². The van der Waals surface area contributed by atoms with E-state index in [1.165, 1.54) is 5.56 Å². The van der Waals surface area contributed by atoms with Gasteiger partial charge in [-0.05, 0) is 44.7 Å². The Labute approximate surface area is 124 Å². The molecule has 0 saturated heterocycles. The molecule has 0 aliphatic rings. The smallest absolute Gasteiger partial charge is 0.0829 e. The highest BCUT2D eigenvalue weighted by atomic mass is 16.5. The number of hydrogen-bond acceptors (Lipinski definition) is 2. The molecular formula is C18H31NO. The lowest BCUT2D eigenvalue weighted by Gasteiger charge is -2.40. The maximum absolute atomic E-state index is 6.17. The highest BCUT2D eigenvalue weighted by molar-refractivity contribution is 5.15. The van der Waals surface area contributed by atoms with Crippen molar-refractivity contribution in [2.45, 2.75) is 65.0 Å². The molecular weight excluding hydrogens is 246 g/mol. The number of rotatable bonds is 10. The third-order valence-electron chi connectivity index (χ3n) is 4.28. The van der Waals surface area contributed by atoms with Crippen LogP contribution in [0.4, 0.5) is 0 Å². The molecule has 0 amide bonds. The Bertz CT molecular complexity index is 346. The molecule has 20 heavy (non-hydrogen) atoms. The molecule has 0 heterocycles. The molecule has 0 spiro atoms. The summed E-state index contributed by atoms with van der Waals surface area (Å²) in [4.78, 5) is 0. The second-order valence-electron chi connectivity index (χ2n) is 5.34. The van der Waals surface area contributed by atoms with Crippen LogP contribution in [0.3, 0.4) is 0 Å². The van der Waals surface area contributed by atoms with E-state index in [-0.39, 0.29) is 5.60 Å². The first-order valence-electron chi connectivity index (χ1n) is 8.13. The van der Waals surface area contributed by atoms with Crippen molar-refractivity contribution in [3.63, 3.8) is 0 Å². The molecule has 0 fully saturated rings. The summed E-state index contributed by atoms with van der Waals surface area (Å²) in [5.41, 5.74) is 1.38. The van der Waals surface area contributed by atoms with E-state index in [2.05, 4.69) is 63.3 Å². The normalized spacial score (nSPS) is 13.4. The summed E-state index contributed by atoms with van der Waals surface area (Å²) < 4.78 is 6.17. The number of hydrogen-bond donors (Lipinski definition) is 1. The molecule has 2 heteroatoms. The van der Waals surface area contributed by atoms with Gasteiger partial charge in [0.2, 0.25) is 0 Å².